The molecule has 0 aromatic rings. The molecule has 3 unspecified atom stereocenters. The highest BCUT2D eigenvalue weighted by Crippen LogP contribution is 2.13. The number of ether oxygens (including phenoxy) is 2. The number of carbonyl (C=O) groups is 2. The van der Waals surface area contributed by atoms with Gasteiger partial charge in [0, 0.05) is 0 Å². The molecule has 0 radical (unpaired) electrons. The van der Waals surface area contributed by atoms with Gasteiger partial charge in [0.05, 0.1) is 19.0 Å². The summed E-state index contributed by atoms with van der Waals surface area (Å²) in [6, 6.07) is 0. The highest BCUT2D eigenvalue weighted by atomic mass is 32.2. The largest absolute Gasteiger partial charge is 0.464 e. The van der Waals surface area contributed by atoms with Crippen LogP contribution in [0, 0.1) is 0 Å². The van der Waals surface area contributed by atoms with Crippen molar-refractivity contribution in [1.82, 2.24) is 0 Å². The molecule has 0 spiro atoms. The Morgan fingerprint density at radius 3 is 1.60 bits per heavy atom. The van der Waals surface area contributed by atoms with Gasteiger partial charge in [0.15, 0.2) is 12.2 Å². The lowest BCUT2D eigenvalue weighted by Crippen LogP contribution is -2.36. The van der Waals surface area contributed by atoms with E-state index in [2.05, 4.69) is 17.8 Å². The van der Waals surface area contributed by atoms with Gasteiger partial charge in [0.25, 0.3) is 20.2 Å². The lowest BCUT2D eigenvalue weighted by atomic mass is 10.4. The van der Waals surface area contributed by atoms with Gasteiger partial charge in [-0.25, -0.2) is 9.59 Å². The van der Waals surface area contributed by atoms with Crippen LogP contribution in [0.2, 0.25) is 0 Å². The van der Waals surface area contributed by atoms with Gasteiger partial charge in [-0.15, -0.1) is 0 Å². The Labute approximate surface area is 148 Å². The first-order valence-electron chi connectivity index (χ1n) is 7.52. The van der Waals surface area contributed by atoms with Crippen molar-refractivity contribution in [2.45, 2.75) is 52.1 Å². The van der Waals surface area contributed by atoms with Crippen molar-refractivity contribution in [1.29, 1.82) is 0 Å². The molecular formula is C13H24O10S2. The Morgan fingerprint density at radius 2 is 1.20 bits per heavy atom. The average molecular weight is 404 g/mol. The second-order valence-electron chi connectivity index (χ2n) is 5.01. The lowest BCUT2D eigenvalue weighted by Gasteiger charge is -2.17. The summed E-state index contributed by atoms with van der Waals surface area (Å²) in [7, 11) is -8.77. The van der Waals surface area contributed by atoms with Gasteiger partial charge in [0.1, 0.15) is 5.25 Å². The molecule has 0 aliphatic carbocycles. The molecule has 0 amide bonds. The van der Waals surface area contributed by atoms with Crippen molar-refractivity contribution >= 4 is 32.2 Å². The summed E-state index contributed by atoms with van der Waals surface area (Å²) in [4.78, 5) is 22.8. The summed E-state index contributed by atoms with van der Waals surface area (Å²) in [5, 5.41) is -1.54. The standard InChI is InChI=1S/C13H24O10S2/c1-6-20-12(14)10(4)22-24(16,17)8-9(3)25(18,19)23-11(5)13(15)21-7-2/h9-11H,6-8H2,1-5H3. The number of esters is 2. The minimum atomic E-state index is -4.40. The van der Waals surface area contributed by atoms with E-state index in [1.54, 1.807) is 0 Å². The Kier molecular flexibility index (Phi) is 9.54. The number of rotatable bonds is 11. The summed E-state index contributed by atoms with van der Waals surface area (Å²) in [5.74, 6) is -2.75. The van der Waals surface area contributed by atoms with E-state index in [1.165, 1.54) is 13.8 Å². The van der Waals surface area contributed by atoms with Crippen LogP contribution in [0.1, 0.15) is 34.6 Å². The maximum absolute atomic E-state index is 12.0. The van der Waals surface area contributed by atoms with E-state index in [-0.39, 0.29) is 13.2 Å². The predicted octanol–water partition coefficient (Wildman–Crippen LogP) is -0.0291. The molecule has 3 atom stereocenters. The third-order valence-corrected chi connectivity index (χ3v) is 6.15. The fraction of sp³-hybridized carbons (Fsp3) is 0.846. The molecule has 12 heteroatoms. The van der Waals surface area contributed by atoms with Crippen molar-refractivity contribution in [2.75, 3.05) is 19.0 Å². The second kappa shape index (κ2) is 10.0. The number of hydrogen-bond acceptors (Lipinski definition) is 10. The minimum Gasteiger partial charge on any atom is -0.464 e. The zero-order valence-electron chi connectivity index (χ0n) is 14.8. The third kappa shape index (κ3) is 8.61. The topological polar surface area (TPSA) is 139 Å². The van der Waals surface area contributed by atoms with Crippen molar-refractivity contribution < 1.29 is 44.3 Å². The Balaban J connectivity index is 4.90. The molecule has 25 heavy (non-hydrogen) atoms. The van der Waals surface area contributed by atoms with Crippen LogP contribution >= 0.6 is 0 Å². The average Bonchev–Trinajstić information content (AvgIpc) is 2.46. The van der Waals surface area contributed by atoms with E-state index in [9.17, 15) is 26.4 Å². The zero-order valence-corrected chi connectivity index (χ0v) is 16.4. The van der Waals surface area contributed by atoms with E-state index < -0.39 is 55.4 Å². The monoisotopic (exact) mass is 404 g/mol. The first kappa shape index (κ1) is 23.8. The molecule has 0 aromatic carbocycles. The molecule has 0 aromatic heterocycles. The summed E-state index contributed by atoms with van der Waals surface area (Å²) < 4.78 is 66.2. The molecule has 0 aliphatic rings. The van der Waals surface area contributed by atoms with E-state index >= 15 is 0 Å². The molecule has 10 nitrogen and oxygen atoms in total. The highest BCUT2D eigenvalue weighted by Gasteiger charge is 2.33. The molecule has 0 aliphatic heterocycles. The summed E-state index contributed by atoms with van der Waals surface area (Å²) in [6.07, 6.45) is -2.84. The molecule has 0 bridgehead atoms. The summed E-state index contributed by atoms with van der Waals surface area (Å²) in [5.41, 5.74) is 0. The van der Waals surface area contributed by atoms with Crippen LogP contribution in [0.25, 0.3) is 0 Å². The fourth-order valence-electron chi connectivity index (χ4n) is 1.52. The molecule has 0 rings (SSSR count). The fourth-order valence-corrected chi connectivity index (χ4v) is 4.53. The third-order valence-electron chi connectivity index (χ3n) is 2.74. The highest BCUT2D eigenvalue weighted by molar-refractivity contribution is 7.91. The van der Waals surface area contributed by atoms with Crippen molar-refractivity contribution in [3.05, 3.63) is 0 Å². The molecular weight excluding hydrogens is 380 g/mol. The van der Waals surface area contributed by atoms with Crippen molar-refractivity contribution in [3.63, 3.8) is 0 Å². The molecule has 0 saturated carbocycles. The number of hydrogen-bond donors (Lipinski definition) is 0. The molecule has 148 valence electrons. The molecule has 0 saturated heterocycles. The maximum Gasteiger partial charge on any atom is 0.336 e. The Hall–Kier alpha value is -1.24. The van der Waals surface area contributed by atoms with E-state index in [4.69, 9.17) is 0 Å². The zero-order chi connectivity index (χ0) is 19.8. The van der Waals surface area contributed by atoms with Crippen LogP contribution in [0.5, 0.6) is 0 Å². The van der Waals surface area contributed by atoms with Gasteiger partial charge in [0.2, 0.25) is 0 Å². The van der Waals surface area contributed by atoms with Crippen molar-refractivity contribution in [3.8, 4) is 0 Å². The van der Waals surface area contributed by atoms with Crippen molar-refractivity contribution in [2.24, 2.45) is 0 Å². The van der Waals surface area contributed by atoms with Gasteiger partial charge in [-0.3, -0.25) is 8.37 Å². The molecule has 0 fully saturated rings. The van der Waals surface area contributed by atoms with Crippen LogP contribution in [-0.4, -0.2) is 65.2 Å². The van der Waals surface area contributed by atoms with Gasteiger partial charge in [-0.05, 0) is 34.6 Å². The van der Waals surface area contributed by atoms with E-state index in [0.717, 1.165) is 20.8 Å². The number of carbonyl (C=O) groups excluding carboxylic acids is 2. The smallest absolute Gasteiger partial charge is 0.336 e. The summed E-state index contributed by atoms with van der Waals surface area (Å²) >= 11 is 0. The van der Waals surface area contributed by atoms with Crippen LogP contribution in [0.3, 0.4) is 0 Å². The Morgan fingerprint density at radius 1 is 0.800 bits per heavy atom. The van der Waals surface area contributed by atoms with Gasteiger partial charge in [-0.1, -0.05) is 0 Å². The van der Waals surface area contributed by atoms with Gasteiger partial charge >= 0.3 is 11.9 Å². The maximum atomic E-state index is 12.0. The SMILES string of the molecule is CCOC(=O)C(C)OS(=O)(=O)CC(C)S(=O)(=O)OC(C)C(=O)OCC. The molecule has 0 N–H and O–H groups in total. The van der Waals surface area contributed by atoms with Gasteiger partial charge in [-0.2, -0.15) is 16.8 Å². The van der Waals surface area contributed by atoms with Crippen LogP contribution in [-0.2, 0) is 47.7 Å². The Bertz CT molecular complexity index is 652. The molecule has 0 heterocycles. The summed E-state index contributed by atoms with van der Waals surface area (Å²) in [6.45, 7) is 6.55. The van der Waals surface area contributed by atoms with Crippen LogP contribution < -0.4 is 0 Å². The first-order valence-corrected chi connectivity index (χ1v) is 10.6. The predicted molar refractivity (Wildman–Crippen MR) is 86.5 cm³/mol. The second-order valence-corrected chi connectivity index (χ2v) is 8.63. The van der Waals surface area contributed by atoms with Crippen LogP contribution in [0.15, 0.2) is 0 Å². The lowest BCUT2D eigenvalue weighted by molar-refractivity contribution is -0.151. The van der Waals surface area contributed by atoms with Gasteiger partial charge < -0.3 is 9.47 Å². The van der Waals surface area contributed by atoms with E-state index in [0.29, 0.717) is 0 Å². The quantitative estimate of drug-likeness (QED) is 0.340. The van der Waals surface area contributed by atoms with Crippen LogP contribution in [0.4, 0.5) is 0 Å². The normalized spacial score (nSPS) is 15.9. The first-order chi connectivity index (χ1) is 11.4. The van der Waals surface area contributed by atoms with E-state index in [1.807, 2.05) is 0 Å². The minimum absolute atomic E-state index is 0.0378.